The third-order valence-electron chi connectivity index (χ3n) is 2.55. The molecular weight excluding hydrogens is 270 g/mol. The summed E-state index contributed by atoms with van der Waals surface area (Å²) in [4.78, 5) is 15.8. The van der Waals surface area contributed by atoms with Gasteiger partial charge in [-0.05, 0) is 34.9 Å². The van der Waals surface area contributed by atoms with Gasteiger partial charge in [0.15, 0.2) is 0 Å². The number of nitrogens with two attached hydrogens (primary N) is 1. The summed E-state index contributed by atoms with van der Waals surface area (Å²) in [6.07, 6.45) is 1.38. The molecule has 0 saturated heterocycles. The van der Waals surface area contributed by atoms with Gasteiger partial charge >= 0.3 is 0 Å². The van der Waals surface area contributed by atoms with Gasteiger partial charge in [0.2, 0.25) is 0 Å². The van der Waals surface area contributed by atoms with E-state index in [1.807, 2.05) is 17.7 Å². The summed E-state index contributed by atoms with van der Waals surface area (Å²) in [6.45, 7) is 2.49. The Morgan fingerprint density at radius 3 is 3.00 bits per heavy atom. The van der Waals surface area contributed by atoms with Crippen molar-refractivity contribution in [3.8, 4) is 0 Å². The van der Waals surface area contributed by atoms with Crippen LogP contribution < -0.4 is 11.1 Å². The second kappa shape index (κ2) is 5.37. The molecule has 2 aromatic heterocycles. The summed E-state index contributed by atoms with van der Waals surface area (Å²) in [7, 11) is 0. The number of aryl methyl sites for hydroxylation is 1. The van der Waals surface area contributed by atoms with Crippen LogP contribution >= 0.6 is 22.9 Å². The number of halogens is 1. The minimum atomic E-state index is -0.248. The lowest BCUT2D eigenvalue weighted by Crippen LogP contribution is -2.24. The highest BCUT2D eigenvalue weighted by Gasteiger charge is 2.11. The summed E-state index contributed by atoms with van der Waals surface area (Å²) in [6, 6.07) is 1.46. The minimum Gasteiger partial charge on any atom is -0.397 e. The molecule has 0 aromatic carbocycles. The summed E-state index contributed by atoms with van der Waals surface area (Å²) in [5.41, 5.74) is 8.63. The molecule has 0 unspecified atom stereocenters. The van der Waals surface area contributed by atoms with Crippen LogP contribution in [0.25, 0.3) is 0 Å². The maximum atomic E-state index is 12.0. The topological polar surface area (TPSA) is 68.0 Å². The Balaban J connectivity index is 2.08. The summed E-state index contributed by atoms with van der Waals surface area (Å²) in [5.74, 6) is -0.248. The smallest absolute Gasteiger partial charge is 0.253 e. The number of amides is 1. The molecule has 6 heteroatoms. The molecule has 0 aliphatic rings. The van der Waals surface area contributed by atoms with Crippen LogP contribution in [0.2, 0.25) is 5.15 Å². The number of thiophene rings is 1. The second-order valence-electron chi connectivity index (χ2n) is 3.86. The molecule has 0 aliphatic carbocycles. The number of pyridine rings is 1. The molecule has 2 rings (SSSR count). The average molecular weight is 282 g/mol. The normalized spacial score (nSPS) is 10.3. The van der Waals surface area contributed by atoms with Gasteiger partial charge in [0.25, 0.3) is 5.91 Å². The fourth-order valence-corrected chi connectivity index (χ4v) is 2.49. The number of nitrogen functional groups attached to an aromatic ring is 1. The van der Waals surface area contributed by atoms with Crippen LogP contribution in [-0.4, -0.2) is 10.9 Å². The zero-order valence-electron chi connectivity index (χ0n) is 9.74. The Labute approximate surface area is 114 Å². The third kappa shape index (κ3) is 2.80. The Hall–Kier alpha value is -1.59. The number of nitrogens with one attached hydrogen (secondary N) is 1. The standard InChI is InChI=1S/C12H12ClN3OS/c1-7-5-18-6-8(7)3-16-12(17)9-2-11(13)15-4-10(9)14/h2,4-6H,3,14H2,1H3,(H,16,17). The van der Waals surface area contributed by atoms with Crippen molar-refractivity contribution in [1.29, 1.82) is 0 Å². The Kier molecular flexibility index (Phi) is 3.84. The van der Waals surface area contributed by atoms with Gasteiger partial charge in [0, 0.05) is 6.54 Å². The summed E-state index contributed by atoms with van der Waals surface area (Å²) < 4.78 is 0. The summed E-state index contributed by atoms with van der Waals surface area (Å²) in [5, 5.41) is 7.12. The van der Waals surface area contributed by atoms with Crippen LogP contribution in [0, 0.1) is 6.92 Å². The molecule has 1 amide bonds. The van der Waals surface area contributed by atoms with Gasteiger partial charge in [-0.15, -0.1) is 0 Å². The lowest BCUT2D eigenvalue weighted by molar-refractivity contribution is 0.0951. The number of hydrogen-bond donors (Lipinski definition) is 2. The molecule has 0 radical (unpaired) electrons. The van der Waals surface area contributed by atoms with Gasteiger partial charge in [-0.3, -0.25) is 4.79 Å². The largest absolute Gasteiger partial charge is 0.397 e. The lowest BCUT2D eigenvalue weighted by atomic mass is 10.2. The Morgan fingerprint density at radius 2 is 2.33 bits per heavy atom. The van der Waals surface area contributed by atoms with E-state index in [4.69, 9.17) is 17.3 Å². The van der Waals surface area contributed by atoms with E-state index in [1.165, 1.54) is 17.8 Å². The van der Waals surface area contributed by atoms with E-state index in [0.717, 1.165) is 5.56 Å². The first-order chi connectivity index (χ1) is 8.58. The van der Waals surface area contributed by atoms with Crippen molar-refractivity contribution in [2.75, 3.05) is 5.73 Å². The van der Waals surface area contributed by atoms with Crippen LogP contribution in [0.15, 0.2) is 23.0 Å². The fourth-order valence-electron chi connectivity index (χ4n) is 1.48. The number of carbonyl (C=O) groups excluding carboxylic acids is 1. The fraction of sp³-hybridized carbons (Fsp3) is 0.167. The van der Waals surface area contributed by atoms with Crippen molar-refractivity contribution in [3.63, 3.8) is 0 Å². The van der Waals surface area contributed by atoms with Crippen molar-refractivity contribution in [1.82, 2.24) is 10.3 Å². The van der Waals surface area contributed by atoms with Crippen LogP contribution in [0.5, 0.6) is 0 Å². The predicted octanol–water partition coefficient (Wildman–Crippen LogP) is 2.62. The molecule has 0 aliphatic heterocycles. The van der Waals surface area contributed by atoms with Gasteiger partial charge in [0.05, 0.1) is 17.4 Å². The van der Waals surface area contributed by atoms with Gasteiger partial charge in [0.1, 0.15) is 5.15 Å². The summed E-state index contributed by atoms with van der Waals surface area (Å²) >= 11 is 7.35. The van der Waals surface area contributed by atoms with Crippen molar-refractivity contribution in [2.24, 2.45) is 0 Å². The lowest BCUT2D eigenvalue weighted by Gasteiger charge is -2.07. The van der Waals surface area contributed by atoms with Gasteiger partial charge in [-0.2, -0.15) is 11.3 Å². The molecule has 2 aromatic rings. The zero-order valence-corrected chi connectivity index (χ0v) is 11.3. The van der Waals surface area contributed by atoms with Crippen molar-refractivity contribution >= 4 is 34.5 Å². The molecule has 2 heterocycles. The molecule has 0 spiro atoms. The maximum Gasteiger partial charge on any atom is 0.253 e. The number of aromatic nitrogens is 1. The number of nitrogens with zero attached hydrogens (tertiary/aromatic N) is 1. The monoisotopic (exact) mass is 281 g/mol. The average Bonchev–Trinajstić information content (AvgIpc) is 2.75. The SMILES string of the molecule is Cc1cscc1CNC(=O)c1cc(Cl)ncc1N. The van der Waals surface area contributed by atoms with Gasteiger partial charge in [-0.1, -0.05) is 11.6 Å². The van der Waals surface area contributed by atoms with Crippen molar-refractivity contribution in [2.45, 2.75) is 13.5 Å². The van der Waals surface area contributed by atoms with E-state index in [2.05, 4.69) is 10.3 Å². The third-order valence-corrected chi connectivity index (χ3v) is 3.66. The zero-order chi connectivity index (χ0) is 13.1. The van der Waals surface area contributed by atoms with Crippen LogP contribution in [0.3, 0.4) is 0 Å². The van der Waals surface area contributed by atoms with Crippen LogP contribution in [-0.2, 0) is 6.54 Å². The molecule has 94 valence electrons. The van der Waals surface area contributed by atoms with Gasteiger partial charge < -0.3 is 11.1 Å². The van der Waals surface area contributed by atoms with Crippen LogP contribution in [0.4, 0.5) is 5.69 Å². The first kappa shape index (κ1) is 12.9. The van der Waals surface area contributed by atoms with Crippen molar-refractivity contribution in [3.05, 3.63) is 44.9 Å². The van der Waals surface area contributed by atoms with E-state index in [-0.39, 0.29) is 11.1 Å². The highest BCUT2D eigenvalue weighted by atomic mass is 35.5. The highest BCUT2D eigenvalue weighted by Crippen LogP contribution is 2.16. The Morgan fingerprint density at radius 1 is 1.56 bits per heavy atom. The number of anilines is 1. The maximum absolute atomic E-state index is 12.0. The molecule has 3 N–H and O–H groups in total. The van der Waals surface area contributed by atoms with E-state index >= 15 is 0 Å². The molecule has 0 bridgehead atoms. The van der Waals surface area contributed by atoms with Crippen LogP contribution in [0.1, 0.15) is 21.5 Å². The number of hydrogen-bond acceptors (Lipinski definition) is 4. The molecule has 18 heavy (non-hydrogen) atoms. The molecule has 0 fully saturated rings. The molecule has 0 saturated carbocycles. The first-order valence-electron chi connectivity index (χ1n) is 5.29. The molecule has 4 nitrogen and oxygen atoms in total. The van der Waals surface area contributed by atoms with Crippen molar-refractivity contribution < 1.29 is 4.79 Å². The molecule has 0 atom stereocenters. The number of rotatable bonds is 3. The van der Waals surface area contributed by atoms with E-state index in [1.54, 1.807) is 11.3 Å². The highest BCUT2D eigenvalue weighted by molar-refractivity contribution is 7.08. The van der Waals surface area contributed by atoms with E-state index in [9.17, 15) is 4.79 Å². The first-order valence-corrected chi connectivity index (χ1v) is 6.61. The van der Waals surface area contributed by atoms with Gasteiger partial charge in [-0.25, -0.2) is 4.98 Å². The minimum absolute atomic E-state index is 0.248. The second-order valence-corrected chi connectivity index (χ2v) is 4.99. The Bertz CT molecular complexity index is 582. The number of carbonyl (C=O) groups is 1. The van der Waals surface area contributed by atoms with E-state index < -0.39 is 0 Å². The predicted molar refractivity (Wildman–Crippen MR) is 73.9 cm³/mol. The molecular formula is C12H12ClN3OS. The van der Waals surface area contributed by atoms with E-state index in [0.29, 0.717) is 17.8 Å². The quantitative estimate of drug-likeness (QED) is 0.850.